The van der Waals surface area contributed by atoms with E-state index >= 15 is 0 Å². The van der Waals surface area contributed by atoms with Gasteiger partial charge >= 0.3 is 0 Å². The lowest BCUT2D eigenvalue weighted by atomic mass is 10.0. The molecule has 0 saturated carbocycles. The van der Waals surface area contributed by atoms with Crippen LogP contribution in [0.2, 0.25) is 0 Å². The molecule has 21 heavy (non-hydrogen) atoms. The monoisotopic (exact) mass is 367 g/mol. The highest BCUT2D eigenvalue weighted by Gasteiger charge is 2.14. The fourth-order valence-electron chi connectivity index (χ4n) is 2.31. The van der Waals surface area contributed by atoms with Crippen LogP contribution in [-0.2, 0) is 0 Å². The standard InChI is InChI=1S/C17H19BrFNS/c1-11(13-4-7-15(21-3)8-5-13)20-12(2)16-9-6-14(19)10-17(16)18/h4-12,20H,1-3H3. The molecule has 0 heterocycles. The Balaban J connectivity index is 2.08. The van der Waals surface area contributed by atoms with Crippen LogP contribution in [0.5, 0.6) is 0 Å². The fraction of sp³-hybridized carbons (Fsp3) is 0.294. The predicted octanol–water partition coefficient (Wildman–Crippen LogP) is 5.72. The quantitative estimate of drug-likeness (QED) is 0.677. The van der Waals surface area contributed by atoms with Crippen molar-refractivity contribution in [3.63, 3.8) is 0 Å². The van der Waals surface area contributed by atoms with E-state index in [-0.39, 0.29) is 17.9 Å². The molecule has 2 aromatic carbocycles. The maximum atomic E-state index is 13.2. The highest BCUT2D eigenvalue weighted by Crippen LogP contribution is 2.27. The number of benzene rings is 2. The molecule has 0 radical (unpaired) electrons. The average Bonchev–Trinajstić information content (AvgIpc) is 2.47. The molecule has 0 aromatic heterocycles. The van der Waals surface area contributed by atoms with Gasteiger partial charge in [-0.2, -0.15) is 0 Å². The highest BCUT2D eigenvalue weighted by atomic mass is 79.9. The molecule has 0 fully saturated rings. The molecule has 0 amide bonds. The third-order valence-corrected chi connectivity index (χ3v) is 4.98. The van der Waals surface area contributed by atoms with E-state index < -0.39 is 0 Å². The van der Waals surface area contributed by atoms with Crippen molar-refractivity contribution in [2.75, 3.05) is 6.26 Å². The van der Waals surface area contributed by atoms with E-state index in [0.29, 0.717) is 0 Å². The minimum absolute atomic E-state index is 0.134. The van der Waals surface area contributed by atoms with Crippen molar-refractivity contribution in [3.8, 4) is 0 Å². The second kappa shape index (κ2) is 7.43. The maximum Gasteiger partial charge on any atom is 0.124 e. The number of nitrogens with one attached hydrogen (secondary N) is 1. The van der Waals surface area contributed by atoms with Gasteiger partial charge in [-0.05, 0) is 55.5 Å². The summed E-state index contributed by atoms with van der Waals surface area (Å²) in [5.41, 5.74) is 2.31. The van der Waals surface area contributed by atoms with Gasteiger partial charge in [0.05, 0.1) is 0 Å². The molecule has 1 nitrogen and oxygen atoms in total. The summed E-state index contributed by atoms with van der Waals surface area (Å²) in [6.07, 6.45) is 2.07. The Morgan fingerprint density at radius 3 is 2.29 bits per heavy atom. The summed E-state index contributed by atoms with van der Waals surface area (Å²) >= 11 is 5.17. The molecule has 1 N–H and O–H groups in total. The Bertz CT molecular complexity index is 600. The lowest BCUT2D eigenvalue weighted by molar-refractivity contribution is 0.492. The second-order valence-corrected chi connectivity index (χ2v) is 6.78. The van der Waals surface area contributed by atoms with Gasteiger partial charge in [0, 0.05) is 21.5 Å². The van der Waals surface area contributed by atoms with Gasteiger partial charge < -0.3 is 5.32 Å². The molecule has 0 spiro atoms. The summed E-state index contributed by atoms with van der Waals surface area (Å²) in [6, 6.07) is 13.8. The van der Waals surface area contributed by atoms with Crippen LogP contribution in [-0.4, -0.2) is 6.26 Å². The third-order valence-electron chi connectivity index (χ3n) is 3.54. The van der Waals surface area contributed by atoms with Crippen LogP contribution in [0.4, 0.5) is 4.39 Å². The lowest BCUT2D eigenvalue weighted by Gasteiger charge is -2.22. The van der Waals surface area contributed by atoms with Gasteiger partial charge in [0.25, 0.3) is 0 Å². The summed E-state index contributed by atoms with van der Waals surface area (Å²) in [6.45, 7) is 4.23. The largest absolute Gasteiger partial charge is 0.304 e. The van der Waals surface area contributed by atoms with Gasteiger partial charge in [0.2, 0.25) is 0 Å². The first kappa shape index (κ1) is 16.5. The van der Waals surface area contributed by atoms with E-state index in [1.54, 1.807) is 11.8 Å². The first-order valence-corrected chi connectivity index (χ1v) is 8.88. The summed E-state index contributed by atoms with van der Waals surface area (Å²) in [4.78, 5) is 1.26. The number of thioether (sulfide) groups is 1. The topological polar surface area (TPSA) is 12.0 Å². The first-order valence-electron chi connectivity index (χ1n) is 6.86. The van der Waals surface area contributed by atoms with Gasteiger partial charge in [0.15, 0.2) is 0 Å². The lowest BCUT2D eigenvalue weighted by Crippen LogP contribution is -2.22. The van der Waals surface area contributed by atoms with Gasteiger partial charge in [-0.15, -0.1) is 11.8 Å². The summed E-state index contributed by atoms with van der Waals surface area (Å²) in [5.74, 6) is -0.224. The van der Waals surface area contributed by atoms with Crippen molar-refractivity contribution in [1.29, 1.82) is 0 Å². The Morgan fingerprint density at radius 2 is 1.71 bits per heavy atom. The first-order chi connectivity index (χ1) is 10.0. The van der Waals surface area contributed by atoms with E-state index in [0.717, 1.165) is 10.0 Å². The molecule has 2 unspecified atom stereocenters. The molecule has 0 aliphatic carbocycles. The summed E-state index contributed by atoms with van der Waals surface area (Å²) in [5, 5.41) is 3.55. The van der Waals surface area contributed by atoms with Gasteiger partial charge in [0.1, 0.15) is 5.82 Å². The van der Waals surface area contributed by atoms with Crippen molar-refractivity contribution in [2.24, 2.45) is 0 Å². The fourth-order valence-corrected chi connectivity index (χ4v) is 3.41. The average molecular weight is 368 g/mol. The van der Waals surface area contributed by atoms with Crippen LogP contribution in [0.15, 0.2) is 51.8 Å². The smallest absolute Gasteiger partial charge is 0.124 e. The molecule has 0 saturated heterocycles. The number of hydrogen-bond donors (Lipinski definition) is 1. The Morgan fingerprint density at radius 1 is 1.05 bits per heavy atom. The zero-order valence-corrected chi connectivity index (χ0v) is 14.8. The van der Waals surface area contributed by atoms with Crippen LogP contribution in [0.1, 0.15) is 37.1 Å². The van der Waals surface area contributed by atoms with Gasteiger partial charge in [-0.25, -0.2) is 4.39 Å². The van der Waals surface area contributed by atoms with Crippen molar-refractivity contribution in [3.05, 3.63) is 63.9 Å². The number of halogens is 2. The van der Waals surface area contributed by atoms with Crippen molar-refractivity contribution in [1.82, 2.24) is 5.32 Å². The molecular formula is C17H19BrFNS. The molecule has 112 valence electrons. The molecule has 2 rings (SSSR count). The Labute approximate surface area is 138 Å². The van der Waals surface area contributed by atoms with Crippen molar-refractivity contribution in [2.45, 2.75) is 30.8 Å². The molecule has 0 bridgehead atoms. The summed E-state index contributed by atoms with van der Waals surface area (Å²) in [7, 11) is 0. The minimum Gasteiger partial charge on any atom is -0.304 e. The Hall–Kier alpha value is -0.840. The maximum absolute atomic E-state index is 13.2. The molecule has 4 heteroatoms. The van der Waals surface area contributed by atoms with Gasteiger partial charge in [-0.3, -0.25) is 0 Å². The normalized spacial score (nSPS) is 14.0. The van der Waals surface area contributed by atoms with Crippen LogP contribution < -0.4 is 5.32 Å². The Kier molecular flexibility index (Phi) is 5.85. The minimum atomic E-state index is -0.224. The van der Waals surface area contributed by atoms with Crippen LogP contribution >= 0.6 is 27.7 Å². The zero-order valence-electron chi connectivity index (χ0n) is 12.4. The van der Waals surface area contributed by atoms with E-state index in [1.165, 1.54) is 22.6 Å². The molecule has 2 atom stereocenters. The molecule has 0 aliphatic rings. The van der Waals surface area contributed by atoms with E-state index in [2.05, 4.69) is 65.6 Å². The second-order valence-electron chi connectivity index (χ2n) is 5.05. The van der Waals surface area contributed by atoms with E-state index in [9.17, 15) is 4.39 Å². The molecule has 2 aromatic rings. The summed E-state index contributed by atoms with van der Waals surface area (Å²) < 4.78 is 14.0. The molecular weight excluding hydrogens is 349 g/mol. The van der Waals surface area contributed by atoms with E-state index in [4.69, 9.17) is 0 Å². The SMILES string of the molecule is CSc1ccc(C(C)NC(C)c2ccc(F)cc2Br)cc1. The van der Waals surface area contributed by atoms with Crippen LogP contribution in [0.25, 0.3) is 0 Å². The molecule has 0 aliphatic heterocycles. The number of rotatable bonds is 5. The van der Waals surface area contributed by atoms with Crippen molar-refractivity contribution >= 4 is 27.7 Å². The third kappa shape index (κ3) is 4.31. The zero-order chi connectivity index (χ0) is 15.4. The van der Waals surface area contributed by atoms with E-state index in [1.807, 2.05) is 6.07 Å². The van der Waals surface area contributed by atoms with Crippen LogP contribution in [0.3, 0.4) is 0 Å². The highest BCUT2D eigenvalue weighted by molar-refractivity contribution is 9.10. The predicted molar refractivity (Wildman–Crippen MR) is 92.3 cm³/mol. The van der Waals surface area contributed by atoms with Gasteiger partial charge in [-0.1, -0.05) is 34.1 Å². The van der Waals surface area contributed by atoms with Crippen LogP contribution in [0, 0.1) is 5.82 Å². The number of hydrogen-bond acceptors (Lipinski definition) is 2. The van der Waals surface area contributed by atoms with Crippen molar-refractivity contribution < 1.29 is 4.39 Å².